The number of hydrogen-bond donors (Lipinski definition) is 3. The van der Waals surface area contributed by atoms with Crippen molar-refractivity contribution in [1.82, 2.24) is 15.5 Å². The molecule has 8 nitrogen and oxygen atoms in total. The lowest BCUT2D eigenvalue weighted by molar-refractivity contribution is -0.137. The van der Waals surface area contributed by atoms with E-state index in [1.807, 2.05) is 4.90 Å². The summed E-state index contributed by atoms with van der Waals surface area (Å²) in [7, 11) is 0. The van der Waals surface area contributed by atoms with Gasteiger partial charge in [0.15, 0.2) is 0 Å². The number of carbonyl (C=O) groups excluding carboxylic acids is 2. The van der Waals surface area contributed by atoms with Crippen LogP contribution in [0.3, 0.4) is 0 Å². The Balaban J connectivity index is 2.21. The first-order valence-electron chi connectivity index (χ1n) is 7.66. The zero-order chi connectivity index (χ0) is 17.1. The van der Waals surface area contributed by atoms with Gasteiger partial charge in [0, 0.05) is 45.2 Å². The molecular formula is C15H22N4O4. The van der Waals surface area contributed by atoms with E-state index in [2.05, 4.69) is 10.6 Å². The van der Waals surface area contributed by atoms with Gasteiger partial charge < -0.3 is 20.6 Å². The van der Waals surface area contributed by atoms with Gasteiger partial charge in [-0.3, -0.25) is 14.4 Å². The predicted octanol–water partition coefficient (Wildman–Crippen LogP) is -0.0230. The van der Waals surface area contributed by atoms with Crippen molar-refractivity contribution in [2.75, 3.05) is 26.2 Å². The summed E-state index contributed by atoms with van der Waals surface area (Å²) in [5.74, 6) is -1.27. The Morgan fingerprint density at radius 1 is 1.35 bits per heavy atom. The number of likely N-dealkylation sites (tertiary alicyclic amines) is 1. The molecule has 0 aliphatic carbocycles. The van der Waals surface area contributed by atoms with Gasteiger partial charge in [0.2, 0.25) is 5.91 Å². The number of carbonyl (C=O) groups is 3. The van der Waals surface area contributed by atoms with Crippen molar-refractivity contribution in [2.45, 2.75) is 32.1 Å². The normalized spacial score (nSPS) is 14.5. The van der Waals surface area contributed by atoms with E-state index in [1.165, 1.54) is 6.20 Å². The average Bonchev–Trinajstić information content (AvgIpc) is 2.92. The predicted molar refractivity (Wildman–Crippen MR) is 82.0 cm³/mol. The Morgan fingerprint density at radius 2 is 2.13 bits per heavy atom. The molecule has 23 heavy (non-hydrogen) atoms. The first-order chi connectivity index (χ1) is 11.0. The van der Waals surface area contributed by atoms with E-state index in [9.17, 15) is 14.4 Å². The molecule has 1 rings (SSSR count). The van der Waals surface area contributed by atoms with Crippen LogP contribution in [-0.4, -0.2) is 54.0 Å². The maximum absolute atomic E-state index is 11.7. The Morgan fingerprint density at radius 3 is 2.74 bits per heavy atom. The van der Waals surface area contributed by atoms with E-state index in [-0.39, 0.29) is 24.4 Å². The summed E-state index contributed by atoms with van der Waals surface area (Å²) in [6.45, 7) is 2.24. The van der Waals surface area contributed by atoms with Crippen LogP contribution < -0.4 is 10.6 Å². The molecule has 0 aromatic carbocycles. The fourth-order valence-electron chi connectivity index (χ4n) is 2.17. The second kappa shape index (κ2) is 10.2. The van der Waals surface area contributed by atoms with Crippen LogP contribution in [0.15, 0.2) is 11.8 Å². The highest BCUT2D eigenvalue weighted by Gasteiger charge is 2.18. The third-order valence-electron chi connectivity index (χ3n) is 3.38. The molecule has 0 unspecified atom stereocenters. The molecule has 1 saturated heterocycles. The molecule has 0 bridgehead atoms. The van der Waals surface area contributed by atoms with E-state index in [4.69, 9.17) is 10.4 Å². The summed E-state index contributed by atoms with van der Waals surface area (Å²) in [5, 5.41) is 22.8. The van der Waals surface area contributed by atoms with Gasteiger partial charge in [-0.2, -0.15) is 5.26 Å². The minimum Gasteiger partial charge on any atom is -0.481 e. The summed E-state index contributed by atoms with van der Waals surface area (Å²) in [4.78, 5) is 35.3. The van der Waals surface area contributed by atoms with E-state index in [1.54, 1.807) is 6.07 Å². The van der Waals surface area contributed by atoms with E-state index in [0.717, 1.165) is 19.4 Å². The number of carboxylic acid groups (broad SMARTS) is 1. The van der Waals surface area contributed by atoms with Crippen LogP contribution in [0.1, 0.15) is 32.1 Å². The number of nitriles is 1. The smallest absolute Gasteiger partial charge is 0.303 e. The second-order valence-corrected chi connectivity index (χ2v) is 5.22. The highest BCUT2D eigenvalue weighted by atomic mass is 16.4. The number of amides is 2. The van der Waals surface area contributed by atoms with Crippen LogP contribution in [-0.2, 0) is 14.4 Å². The lowest BCUT2D eigenvalue weighted by atomic mass is 10.2. The van der Waals surface area contributed by atoms with Crippen molar-refractivity contribution in [1.29, 1.82) is 5.26 Å². The third kappa shape index (κ3) is 7.31. The minimum atomic E-state index is -0.923. The van der Waals surface area contributed by atoms with Gasteiger partial charge in [-0.1, -0.05) is 0 Å². The summed E-state index contributed by atoms with van der Waals surface area (Å²) < 4.78 is 0. The lowest BCUT2D eigenvalue weighted by Crippen LogP contribution is -2.28. The molecule has 1 aliphatic heterocycles. The van der Waals surface area contributed by atoms with Crippen LogP contribution in [0.25, 0.3) is 0 Å². The molecule has 0 radical (unpaired) electrons. The molecule has 3 N–H and O–H groups in total. The highest BCUT2D eigenvalue weighted by Crippen LogP contribution is 2.09. The van der Waals surface area contributed by atoms with Gasteiger partial charge in [0.05, 0.1) is 0 Å². The molecule has 0 spiro atoms. The zero-order valence-electron chi connectivity index (χ0n) is 13.0. The van der Waals surface area contributed by atoms with Crippen LogP contribution in [0.2, 0.25) is 0 Å². The summed E-state index contributed by atoms with van der Waals surface area (Å²) in [6, 6.07) is 1.80. The number of aliphatic carboxylic acids is 1. The molecule has 0 atom stereocenters. The maximum atomic E-state index is 11.7. The molecule has 8 heteroatoms. The number of nitrogens with zero attached hydrogens (tertiary/aromatic N) is 2. The maximum Gasteiger partial charge on any atom is 0.303 e. The van der Waals surface area contributed by atoms with Gasteiger partial charge >= 0.3 is 5.97 Å². The van der Waals surface area contributed by atoms with Gasteiger partial charge in [-0.25, -0.2) is 0 Å². The average molecular weight is 322 g/mol. The zero-order valence-corrected chi connectivity index (χ0v) is 13.0. The topological polar surface area (TPSA) is 123 Å². The Kier molecular flexibility index (Phi) is 8.21. The van der Waals surface area contributed by atoms with E-state index >= 15 is 0 Å². The van der Waals surface area contributed by atoms with Gasteiger partial charge in [0.25, 0.3) is 5.91 Å². The molecule has 1 heterocycles. The quantitative estimate of drug-likeness (QED) is 0.295. The lowest BCUT2D eigenvalue weighted by Gasteiger charge is -2.14. The first kappa shape index (κ1) is 18.5. The minimum absolute atomic E-state index is 0.0284. The molecule has 0 aromatic heterocycles. The standard InChI is InChI=1S/C15H22N4O4/c16-10-12(15(23)18-7-1-5-14(21)22)11-17-6-3-9-19-8-2-4-13(19)20/h11,17H,1-9H2,(H,18,23)(H,21,22)/b12-11-. The van der Waals surface area contributed by atoms with Crippen LogP contribution in [0.4, 0.5) is 0 Å². The molecule has 1 aliphatic rings. The van der Waals surface area contributed by atoms with Crippen molar-refractivity contribution in [3.63, 3.8) is 0 Å². The number of nitrogens with one attached hydrogen (secondary N) is 2. The van der Waals surface area contributed by atoms with Crippen LogP contribution in [0, 0.1) is 11.3 Å². The van der Waals surface area contributed by atoms with Gasteiger partial charge in [-0.15, -0.1) is 0 Å². The number of rotatable bonds is 10. The monoisotopic (exact) mass is 322 g/mol. The Hall–Kier alpha value is -2.56. The van der Waals surface area contributed by atoms with Crippen molar-refractivity contribution in [3.8, 4) is 6.07 Å². The van der Waals surface area contributed by atoms with Crippen molar-refractivity contribution >= 4 is 17.8 Å². The second-order valence-electron chi connectivity index (χ2n) is 5.22. The SMILES string of the molecule is N#C/C(=C/NCCCN1CCCC1=O)C(=O)NCCCC(=O)O. The van der Waals surface area contributed by atoms with Crippen molar-refractivity contribution < 1.29 is 19.5 Å². The van der Waals surface area contributed by atoms with Crippen molar-refractivity contribution in [2.24, 2.45) is 0 Å². The molecule has 0 saturated carbocycles. The molecular weight excluding hydrogens is 300 g/mol. The van der Waals surface area contributed by atoms with E-state index in [0.29, 0.717) is 25.9 Å². The van der Waals surface area contributed by atoms with Crippen LogP contribution in [0.5, 0.6) is 0 Å². The molecule has 126 valence electrons. The Bertz CT molecular complexity index is 510. The molecule has 2 amide bonds. The van der Waals surface area contributed by atoms with Crippen LogP contribution >= 0.6 is 0 Å². The molecule has 0 aromatic rings. The fourth-order valence-corrected chi connectivity index (χ4v) is 2.17. The first-order valence-corrected chi connectivity index (χ1v) is 7.66. The molecule has 1 fully saturated rings. The van der Waals surface area contributed by atoms with Crippen molar-refractivity contribution in [3.05, 3.63) is 11.8 Å². The summed E-state index contributed by atoms with van der Waals surface area (Å²) in [6.07, 6.45) is 3.90. The van der Waals surface area contributed by atoms with Gasteiger partial charge in [-0.05, 0) is 19.3 Å². The van der Waals surface area contributed by atoms with E-state index < -0.39 is 11.9 Å². The fraction of sp³-hybridized carbons (Fsp3) is 0.600. The highest BCUT2D eigenvalue weighted by molar-refractivity contribution is 5.97. The summed E-state index contributed by atoms with van der Waals surface area (Å²) in [5.41, 5.74) is -0.0578. The number of carboxylic acids is 1. The summed E-state index contributed by atoms with van der Waals surface area (Å²) >= 11 is 0. The Labute approximate surface area is 135 Å². The van der Waals surface area contributed by atoms with Gasteiger partial charge in [0.1, 0.15) is 11.6 Å². The number of hydrogen-bond acceptors (Lipinski definition) is 5. The third-order valence-corrected chi connectivity index (χ3v) is 3.38. The largest absolute Gasteiger partial charge is 0.481 e.